The molecule has 0 bridgehead atoms. The molecule has 0 spiro atoms. The number of carboxylic acids is 1. The van der Waals surface area contributed by atoms with Gasteiger partial charge in [-0.15, -0.1) is 0 Å². The first kappa shape index (κ1) is 13.0. The zero-order chi connectivity index (χ0) is 15.3. The van der Waals surface area contributed by atoms with Crippen LogP contribution in [-0.4, -0.2) is 21.0 Å². The van der Waals surface area contributed by atoms with Crippen molar-refractivity contribution in [3.05, 3.63) is 59.4 Å². The number of aromatic carboxylic acids is 1. The summed E-state index contributed by atoms with van der Waals surface area (Å²) < 4.78 is 5.52. The number of furan rings is 1. The number of nitrogens with zero attached hydrogens (tertiary/aromatic N) is 2. The fourth-order valence-corrected chi connectivity index (χ4v) is 3.13. The van der Waals surface area contributed by atoms with Crippen molar-refractivity contribution in [3.63, 3.8) is 0 Å². The lowest BCUT2D eigenvalue weighted by molar-refractivity contribution is 0.0697. The molecule has 0 amide bonds. The third kappa shape index (κ3) is 1.97. The second-order valence-corrected chi connectivity index (χ2v) is 5.67. The van der Waals surface area contributed by atoms with E-state index < -0.39 is 5.97 Å². The van der Waals surface area contributed by atoms with Crippen molar-refractivity contribution in [1.29, 1.82) is 0 Å². The summed E-state index contributed by atoms with van der Waals surface area (Å²) in [5.41, 5.74) is 3.00. The van der Waals surface area contributed by atoms with Gasteiger partial charge >= 0.3 is 5.97 Å². The molecule has 0 aliphatic heterocycles. The Morgan fingerprint density at radius 3 is 2.91 bits per heavy atom. The van der Waals surface area contributed by atoms with Crippen LogP contribution < -0.4 is 0 Å². The summed E-state index contributed by atoms with van der Waals surface area (Å²) in [7, 11) is 0. The van der Waals surface area contributed by atoms with Gasteiger partial charge in [0.2, 0.25) is 0 Å². The van der Waals surface area contributed by atoms with Crippen molar-refractivity contribution in [1.82, 2.24) is 9.97 Å². The molecule has 4 rings (SSSR count). The van der Waals surface area contributed by atoms with Crippen LogP contribution >= 0.6 is 0 Å². The number of carboxylic acid groups (broad SMARTS) is 1. The first-order valence-electron chi connectivity index (χ1n) is 7.17. The average molecular weight is 294 g/mol. The Bertz CT molecular complexity index is 870. The van der Waals surface area contributed by atoms with E-state index in [1.165, 1.54) is 0 Å². The standard InChI is InChI=1S/C17H14N2O3/c1-9-16(17(20)21)13-6-10(2-3-15(13)22-9)11-7-12(11)14-8-18-4-5-19-14/h2-6,8,11-12H,7H2,1H3,(H,20,21)/t11-,12?/m0/s1. The fourth-order valence-electron chi connectivity index (χ4n) is 3.13. The van der Waals surface area contributed by atoms with Gasteiger partial charge in [0, 0.05) is 29.9 Å². The molecule has 1 aliphatic rings. The number of benzene rings is 1. The highest BCUT2D eigenvalue weighted by molar-refractivity contribution is 6.03. The minimum absolute atomic E-state index is 0.258. The minimum Gasteiger partial charge on any atom is -0.478 e. The topological polar surface area (TPSA) is 76.2 Å². The third-order valence-electron chi connectivity index (χ3n) is 4.28. The van der Waals surface area contributed by atoms with Gasteiger partial charge in [-0.25, -0.2) is 4.79 Å². The summed E-state index contributed by atoms with van der Waals surface area (Å²) in [6.45, 7) is 1.68. The van der Waals surface area contributed by atoms with E-state index in [4.69, 9.17) is 4.42 Å². The molecule has 1 saturated carbocycles. The monoisotopic (exact) mass is 294 g/mol. The lowest BCUT2D eigenvalue weighted by Crippen LogP contribution is -1.97. The number of carbonyl (C=O) groups is 1. The molecule has 0 saturated heterocycles. The molecule has 110 valence electrons. The molecule has 22 heavy (non-hydrogen) atoms. The van der Waals surface area contributed by atoms with Crippen molar-refractivity contribution in [2.45, 2.75) is 25.2 Å². The molecule has 0 radical (unpaired) electrons. The van der Waals surface area contributed by atoms with Crippen LogP contribution in [-0.2, 0) is 0 Å². The summed E-state index contributed by atoms with van der Waals surface area (Å²) in [5, 5.41) is 10.0. The first-order chi connectivity index (χ1) is 10.6. The van der Waals surface area contributed by atoms with Crippen molar-refractivity contribution >= 4 is 16.9 Å². The van der Waals surface area contributed by atoms with Gasteiger partial charge in [-0.05, 0) is 37.0 Å². The number of hydrogen-bond donors (Lipinski definition) is 1. The average Bonchev–Trinajstić information content (AvgIpc) is 3.23. The normalized spacial score (nSPS) is 20.2. The van der Waals surface area contributed by atoms with E-state index in [-0.39, 0.29) is 5.56 Å². The lowest BCUT2D eigenvalue weighted by atomic mass is 10.0. The summed E-state index contributed by atoms with van der Waals surface area (Å²) >= 11 is 0. The predicted molar refractivity (Wildman–Crippen MR) is 80.0 cm³/mol. The summed E-state index contributed by atoms with van der Waals surface area (Å²) in [4.78, 5) is 19.9. The van der Waals surface area contributed by atoms with Crippen LogP contribution in [0.5, 0.6) is 0 Å². The fraction of sp³-hybridized carbons (Fsp3) is 0.235. The van der Waals surface area contributed by atoms with Crippen LogP contribution in [0.3, 0.4) is 0 Å². The summed E-state index contributed by atoms with van der Waals surface area (Å²) in [6, 6.07) is 5.81. The maximum Gasteiger partial charge on any atom is 0.339 e. The highest BCUT2D eigenvalue weighted by Crippen LogP contribution is 2.54. The van der Waals surface area contributed by atoms with Gasteiger partial charge < -0.3 is 9.52 Å². The smallest absolute Gasteiger partial charge is 0.339 e. The number of aryl methyl sites for hydroxylation is 1. The Morgan fingerprint density at radius 1 is 1.32 bits per heavy atom. The SMILES string of the molecule is Cc1oc2ccc([C@@H]3CC3c3cnccn3)cc2c1C(=O)O. The van der Waals surface area contributed by atoms with Gasteiger partial charge in [0.1, 0.15) is 16.9 Å². The second kappa shape index (κ2) is 4.66. The molecule has 1 N–H and O–H groups in total. The summed E-state index contributed by atoms with van der Waals surface area (Å²) in [5.74, 6) is 0.237. The molecule has 1 aliphatic carbocycles. The molecule has 5 nitrogen and oxygen atoms in total. The summed E-state index contributed by atoms with van der Waals surface area (Å²) in [6.07, 6.45) is 6.19. The van der Waals surface area contributed by atoms with E-state index in [1.54, 1.807) is 25.5 Å². The van der Waals surface area contributed by atoms with Gasteiger partial charge in [-0.3, -0.25) is 9.97 Å². The minimum atomic E-state index is -0.949. The highest BCUT2D eigenvalue weighted by Gasteiger charge is 2.41. The quantitative estimate of drug-likeness (QED) is 0.800. The van der Waals surface area contributed by atoms with E-state index in [0.717, 1.165) is 17.7 Å². The Kier molecular flexibility index (Phi) is 2.76. The van der Waals surface area contributed by atoms with Gasteiger partial charge in [-0.1, -0.05) is 6.07 Å². The van der Waals surface area contributed by atoms with Crippen molar-refractivity contribution in [2.24, 2.45) is 0 Å². The third-order valence-corrected chi connectivity index (χ3v) is 4.28. The van der Waals surface area contributed by atoms with Gasteiger partial charge in [0.15, 0.2) is 0 Å². The molecular weight excluding hydrogens is 280 g/mol. The van der Waals surface area contributed by atoms with Crippen molar-refractivity contribution in [3.8, 4) is 0 Å². The molecule has 2 aromatic heterocycles. The van der Waals surface area contributed by atoms with E-state index in [2.05, 4.69) is 9.97 Å². The lowest BCUT2D eigenvalue weighted by Gasteiger charge is -2.01. The maximum absolute atomic E-state index is 11.4. The number of rotatable bonds is 3. The first-order valence-corrected chi connectivity index (χ1v) is 7.17. The predicted octanol–water partition coefficient (Wildman–Crippen LogP) is 3.50. The molecule has 5 heteroatoms. The molecule has 3 aromatic rings. The molecule has 2 heterocycles. The number of aromatic nitrogens is 2. The van der Waals surface area contributed by atoms with Gasteiger partial charge in [-0.2, -0.15) is 0 Å². The zero-order valence-electron chi connectivity index (χ0n) is 12.0. The Balaban J connectivity index is 1.72. The molecule has 1 unspecified atom stereocenters. The maximum atomic E-state index is 11.4. The number of fused-ring (bicyclic) bond motifs is 1. The van der Waals surface area contributed by atoms with E-state index in [1.807, 2.05) is 18.2 Å². The molecular formula is C17H14N2O3. The molecule has 1 aromatic carbocycles. The van der Waals surface area contributed by atoms with Gasteiger partial charge in [0.05, 0.1) is 5.69 Å². The number of hydrogen-bond acceptors (Lipinski definition) is 4. The van der Waals surface area contributed by atoms with Crippen LogP contribution in [0.15, 0.2) is 41.2 Å². The zero-order valence-corrected chi connectivity index (χ0v) is 12.0. The highest BCUT2D eigenvalue weighted by atomic mass is 16.4. The van der Waals surface area contributed by atoms with E-state index in [9.17, 15) is 9.90 Å². The second-order valence-electron chi connectivity index (χ2n) is 5.67. The molecule has 1 fully saturated rings. The van der Waals surface area contributed by atoms with Crippen LogP contribution in [0.1, 0.15) is 45.6 Å². The van der Waals surface area contributed by atoms with E-state index >= 15 is 0 Å². The molecule has 2 atom stereocenters. The Morgan fingerprint density at radius 2 is 2.18 bits per heavy atom. The van der Waals surface area contributed by atoms with E-state index in [0.29, 0.717) is 28.6 Å². The van der Waals surface area contributed by atoms with Crippen molar-refractivity contribution < 1.29 is 14.3 Å². The van der Waals surface area contributed by atoms with Crippen LogP contribution in [0.2, 0.25) is 0 Å². The van der Waals surface area contributed by atoms with Crippen molar-refractivity contribution in [2.75, 3.05) is 0 Å². The van der Waals surface area contributed by atoms with Crippen LogP contribution in [0.4, 0.5) is 0 Å². The Hall–Kier alpha value is -2.69. The van der Waals surface area contributed by atoms with Crippen LogP contribution in [0.25, 0.3) is 11.0 Å². The largest absolute Gasteiger partial charge is 0.478 e. The van der Waals surface area contributed by atoms with Crippen LogP contribution in [0, 0.1) is 6.92 Å². The van der Waals surface area contributed by atoms with Gasteiger partial charge in [0.25, 0.3) is 0 Å². The Labute approximate surface area is 126 Å².